The molecule has 3 rings (SSSR count). The van der Waals surface area contributed by atoms with E-state index in [1.165, 1.54) is 0 Å². The van der Waals surface area contributed by atoms with Crippen molar-refractivity contribution in [2.75, 3.05) is 0 Å². The van der Waals surface area contributed by atoms with Gasteiger partial charge in [-0.25, -0.2) is 0 Å². The van der Waals surface area contributed by atoms with Crippen molar-refractivity contribution in [2.45, 2.75) is 0 Å². The first kappa shape index (κ1) is 11.0. The summed E-state index contributed by atoms with van der Waals surface area (Å²) in [5, 5.41) is 1.25. The lowest BCUT2D eigenvalue weighted by Crippen LogP contribution is -2.03. The van der Waals surface area contributed by atoms with E-state index >= 15 is 0 Å². The maximum Gasteiger partial charge on any atom is 0.215 e. The molecule has 0 aliphatic carbocycles. The molecule has 0 aliphatic heterocycles. The molecule has 18 heavy (non-hydrogen) atoms. The van der Waals surface area contributed by atoms with E-state index in [2.05, 4.69) is 9.97 Å². The molecule has 3 aromatic rings. The number of benzene rings is 1. The van der Waals surface area contributed by atoms with Gasteiger partial charge >= 0.3 is 0 Å². The number of ketones is 1. The van der Waals surface area contributed by atoms with Crippen LogP contribution < -0.4 is 0 Å². The Kier molecular flexibility index (Phi) is 2.61. The maximum absolute atomic E-state index is 12.4. The van der Waals surface area contributed by atoms with Crippen LogP contribution in [0.25, 0.3) is 10.9 Å². The van der Waals surface area contributed by atoms with Crippen LogP contribution in [0.4, 0.5) is 0 Å². The number of hydrogen-bond acceptors (Lipinski definition) is 2. The Morgan fingerprint density at radius 2 is 2.00 bits per heavy atom. The van der Waals surface area contributed by atoms with E-state index in [4.69, 9.17) is 11.6 Å². The highest BCUT2D eigenvalue weighted by Gasteiger charge is 2.17. The number of nitrogens with zero attached hydrogens (tertiary/aromatic N) is 1. The molecule has 0 saturated heterocycles. The third-order valence-corrected chi connectivity index (χ3v) is 3.11. The molecule has 0 amide bonds. The van der Waals surface area contributed by atoms with Gasteiger partial charge in [0.1, 0.15) is 5.69 Å². The maximum atomic E-state index is 12.4. The number of nitrogens with one attached hydrogen (secondary N) is 1. The summed E-state index contributed by atoms with van der Waals surface area (Å²) in [5.74, 6) is -0.168. The minimum atomic E-state index is -0.168. The number of carbonyl (C=O) groups excluding carboxylic acids is 1. The van der Waals surface area contributed by atoms with Gasteiger partial charge < -0.3 is 4.98 Å². The molecule has 1 N–H and O–H groups in total. The van der Waals surface area contributed by atoms with E-state index in [0.717, 1.165) is 10.9 Å². The Hall–Kier alpha value is -2.13. The van der Waals surface area contributed by atoms with Gasteiger partial charge in [-0.2, -0.15) is 0 Å². The monoisotopic (exact) mass is 256 g/mol. The van der Waals surface area contributed by atoms with Crippen molar-refractivity contribution in [3.05, 3.63) is 65.1 Å². The molecule has 1 aromatic carbocycles. The third-order valence-electron chi connectivity index (χ3n) is 2.81. The van der Waals surface area contributed by atoms with E-state index in [-0.39, 0.29) is 11.5 Å². The fraction of sp³-hybridized carbons (Fsp3) is 0. The van der Waals surface area contributed by atoms with E-state index in [0.29, 0.717) is 10.6 Å². The molecule has 0 unspecified atom stereocenters. The van der Waals surface area contributed by atoms with Gasteiger partial charge in [0.2, 0.25) is 5.78 Å². The van der Waals surface area contributed by atoms with Gasteiger partial charge in [-0.1, -0.05) is 29.8 Å². The summed E-state index contributed by atoms with van der Waals surface area (Å²) in [6.07, 6.45) is 3.26. The van der Waals surface area contributed by atoms with Crippen LogP contribution in [0, 0.1) is 0 Å². The number of carbonyl (C=O) groups is 1. The van der Waals surface area contributed by atoms with E-state index in [1.54, 1.807) is 24.5 Å². The quantitative estimate of drug-likeness (QED) is 0.714. The Balaban J connectivity index is 2.16. The standard InChI is InChI=1S/C14H9ClN2O/c15-11-5-3-7-16-13(11)14(18)10-8-17-12-6-2-1-4-9(10)12/h1-8,17H. The largest absolute Gasteiger partial charge is 0.360 e. The molecule has 0 spiro atoms. The summed E-state index contributed by atoms with van der Waals surface area (Å²) < 4.78 is 0. The smallest absolute Gasteiger partial charge is 0.215 e. The van der Waals surface area contributed by atoms with Gasteiger partial charge in [-0.05, 0) is 18.2 Å². The Bertz CT molecular complexity index is 733. The SMILES string of the molecule is O=C(c1ncccc1Cl)c1c[nH]c2ccccc12. The van der Waals surface area contributed by atoms with Crippen molar-refractivity contribution in [1.82, 2.24) is 9.97 Å². The number of fused-ring (bicyclic) bond motifs is 1. The Morgan fingerprint density at radius 1 is 1.17 bits per heavy atom. The molecule has 3 nitrogen and oxygen atoms in total. The number of hydrogen-bond donors (Lipinski definition) is 1. The molecule has 0 aliphatic rings. The summed E-state index contributed by atoms with van der Waals surface area (Å²) in [5.41, 5.74) is 1.79. The summed E-state index contributed by atoms with van der Waals surface area (Å²) in [6, 6.07) is 11.0. The lowest BCUT2D eigenvalue weighted by atomic mass is 10.1. The second-order valence-electron chi connectivity index (χ2n) is 3.91. The normalized spacial score (nSPS) is 10.7. The summed E-state index contributed by atoms with van der Waals surface area (Å²) >= 11 is 5.99. The third kappa shape index (κ3) is 1.69. The first-order valence-electron chi connectivity index (χ1n) is 5.48. The second kappa shape index (κ2) is 4.27. The van der Waals surface area contributed by atoms with Gasteiger partial charge in [0.25, 0.3) is 0 Å². The van der Waals surface area contributed by atoms with Crippen molar-refractivity contribution >= 4 is 28.3 Å². The second-order valence-corrected chi connectivity index (χ2v) is 4.32. The van der Waals surface area contributed by atoms with E-state index in [1.807, 2.05) is 24.3 Å². The molecule has 0 fully saturated rings. The van der Waals surface area contributed by atoms with Crippen molar-refractivity contribution in [1.29, 1.82) is 0 Å². The molecule has 0 saturated carbocycles. The van der Waals surface area contributed by atoms with Gasteiger partial charge in [-0.3, -0.25) is 9.78 Å². The highest BCUT2D eigenvalue weighted by atomic mass is 35.5. The van der Waals surface area contributed by atoms with Crippen LogP contribution in [-0.4, -0.2) is 15.8 Å². The van der Waals surface area contributed by atoms with E-state index < -0.39 is 0 Å². The van der Waals surface area contributed by atoms with Crippen molar-refractivity contribution in [3.8, 4) is 0 Å². The zero-order valence-corrected chi connectivity index (χ0v) is 10.1. The van der Waals surface area contributed by atoms with Crippen molar-refractivity contribution < 1.29 is 4.79 Å². The number of halogens is 1. The summed E-state index contributed by atoms with van der Waals surface area (Å²) in [7, 11) is 0. The average molecular weight is 257 g/mol. The molecule has 0 bridgehead atoms. The fourth-order valence-corrected chi connectivity index (χ4v) is 2.15. The van der Waals surface area contributed by atoms with Crippen LogP contribution in [0.5, 0.6) is 0 Å². The van der Waals surface area contributed by atoms with Crippen LogP contribution in [0.15, 0.2) is 48.8 Å². The van der Waals surface area contributed by atoms with Gasteiger partial charge in [0.05, 0.1) is 5.02 Å². The number of pyridine rings is 1. The van der Waals surface area contributed by atoms with Crippen molar-refractivity contribution in [2.24, 2.45) is 0 Å². The minimum Gasteiger partial charge on any atom is -0.360 e. The van der Waals surface area contributed by atoms with Gasteiger partial charge in [0.15, 0.2) is 0 Å². The van der Waals surface area contributed by atoms with Crippen LogP contribution in [-0.2, 0) is 0 Å². The number of para-hydroxylation sites is 1. The number of H-pyrrole nitrogens is 1. The molecular formula is C14H9ClN2O. The van der Waals surface area contributed by atoms with Crippen LogP contribution in [0.2, 0.25) is 5.02 Å². The highest BCUT2D eigenvalue weighted by Crippen LogP contribution is 2.23. The molecule has 0 radical (unpaired) electrons. The number of aromatic nitrogens is 2. The number of aromatic amines is 1. The predicted molar refractivity (Wildman–Crippen MR) is 71.0 cm³/mol. The lowest BCUT2D eigenvalue weighted by molar-refractivity contribution is 0.103. The number of rotatable bonds is 2. The molecule has 88 valence electrons. The zero-order valence-electron chi connectivity index (χ0n) is 9.35. The Labute approximate surface area is 108 Å². The van der Waals surface area contributed by atoms with Gasteiger partial charge in [-0.15, -0.1) is 0 Å². The molecule has 2 aromatic heterocycles. The Morgan fingerprint density at radius 3 is 2.83 bits per heavy atom. The summed E-state index contributed by atoms with van der Waals surface area (Å²) in [4.78, 5) is 19.5. The fourth-order valence-electron chi connectivity index (χ4n) is 1.94. The van der Waals surface area contributed by atoms with Crippen LogP contribution in [0.3, 0.4) is 0 Å². The molecule has 4 heteroatoms. The topological polar surface area (TPSA) is 45.8 Å². The van der Waals surface area contributed by atoms with Crippen LogP contribution in [0.1, 0.15) is 16.1 Å². The minimum absolute atomic E-state index is 0.168. The molecule has 2 heterocycles. The zero-order chi connectivity index (χ0) is 12.5. The van der Waals surface area contributed by atoms with E-state index in [9.17, 15) is 4.79 Å². The first-order chi connectivity index (χ1) is 8.77. The molecule has 0 atom stereocenters. The van der Waals surface area contributed by atoms with Crippen molar-refractivity contribution in [3.63, 3.8) is 0 Å². The predicted octanol–water partition coefficient (Wildman–Crippen LogP) is 3.45. The average Bonchev–Trinajstić information content (AvgIpc) is 2.82. The van der Waals surface area contributed by atoms with Crippen LogP contribution >= 0.6 is 11.6 Å². The lowest BCUT2D eigenvalue weighted by Gasteiger charge is -2.00. The first-order valence-corrected chi connectivity index (χ1v) is 5.86. The highest BCUT2D eigenvalue weighted by molar-refractivity contribution is 6.35. The molecular weight excluding hydrogens is 248 g/mol. The summed E-state index contributed by atoms with van der Waals surface area (Å²) in [6.45, 7) is 0. The van der Waals surface area contributed by atoms with Gasteiger partial charge in [0, 0.05) is 28.9 Å².